The predicted molar refractivity (Wildman–Crippen MR) is 65.7 cm³/mol. The van der Waals surface area contributed by atoms with Crippen LogP contribution >= 0.6 is 0 Å². The molecule has 6 nitrogen and oxygen atoms in total. The minimum atomic E-state index is -1.35. The van der Waals surface area contributed by atoms with Gasteiger partial charge < -0.3 is 5.11 Å². The monoisotopic (exact) mass is 263 g/mol. The number of nitro groups is 1. The lowest BCUT2D eigenvalue weighted by atomic mass is 9.79. The summed E-state index contributed by atoms with van der Waals surface area (Å²) in [5, 5.41) is 19.8. The fourth-order valence-corrected chi connectivity index (χ4v) is 2.50. The molecule has 0 heterocycles. The summed E-state index contributed by atoms with van der Waals surface area (Å²) in [7, 11) is 0. The Morgan fingerprint density at radius 3 is 2.42 bits per heavy atom. The molecule has 0 radical (unpaired) electrons. The quantitative estimate of drug-likeness (QED) is 0.508. The second kappa shape index (κ2) is 4.79. The van der Waals surface area contributed by atoms with Gasteiger partial charge in [-0.05, 0) is 24.8 Å². The van der Waals surface area contributed by atoms with Crippen molar-refractivity contribution >= 4 is 17.4 Å². The van der Waals surface area contributed by atoms with Gasteiger partial charge >= 0.3 is 5.97 Å². The summed E-state index contributed by atoms with van der Waals surface area (Å²) in [5.74, 6) is -1.35. The van der Waals surface area contributed by atoms with E-state index in [1.54, 1.807) is 0 Å². The van der Waals surface area contributed by atoms with Gasteiger partial charge in [0.05, 0.1) is 4.92 Å². The standard InChI is InChI=1S/C13H13NO5/c15-11-2-1-7-13(11,12(16)17)8-9-3-5-10(6-4-9)14(18)19/h3-6H,1-2,7-8H2,(H,16,17). The maximum absolute atomic E-state index is 11.8. The van der Waals surface area contributed by atoms with Gasteiger partial charge in [0.15, 0.2) is 5.78 Å². The van der Waals surface area contributed by atoms with Crippen LogP contribution in [0.25, 0.3) is 0 Å². The summed E-state index contributed by atoms with van der Waals surface area (Å²) in [6.07, 6.45) is 1.30. The maximum Gasteiger partial charge on any atom is 0.317 e. The van der Waals surface area contributed by atoms with Crippen LogP contribution in [0.3, 0.4) is 0 Å². The molecule has 0 spiro atoms. The van der Waals surface area contributed by atoms with Crippen LogP contribution in [-0.2, 0) is 16.0 Å². The van der Waals surface area contributed by atoms with Crippen LogP contribution in [0.1, 0.15) is 24.8 Å². The molecule has 1 aromatic carbocycles. The molecule has 1 aliphatic carbocycles. The lowest BCUT2D eigenvalue weighted by Crippen LogP contribution is -2.37. The number of aliphatic carboxylic acids is 1. The summed E-state index contributed by atoms with van der Waals surface area (Å²) in [4.78, 5) is 33.2. The molecular weight excluding hydrogens is 250 g/mol. The molecule has 0 saturated heterocycles. The minimum Gasteiger partial charge on any atom is -0.480 e. The topological polar surface area (TPSA) is 97.5 Å². The third-order valence-corrected chi connectivity index (χ3v) is 3.60. The van der Waals surface area contributed by atoms with Gasteiger partial charge in [-0.15, -0.1) is 0 Å². The second-order valence-electron chi connectivity index (χ2n) is 4.76. The number of nitrogens with zero attached hydrogens (tertiary/aromatic N) is 1. The fraction of sp³-hybridized carbons (Fsp3) is 0.385. The fourth-order valence-electron chi connectivity index (χ4n) is 2.50. The number of hydrogen-bond acceptors (Lipinski definition) is 4. The van der Waals surface area contributed by atoms with E-state index >= 15 is 0 Å². The van der Waals surface area contributed by atoms with Gasteiger partial charge in [0, 0.05) is 18.6 Å². The molecule has 0 aromatic heterocycles. The van der Waals surface area contributed by atoms with E-state index in [4.69, 9.17) is 0 Å². The summed E-state index contributed by atoms with van der Waals surface area (Å²) in [5.41, 5.74) is -0.773. The Bertz CT molecular complexity index is 536. The van der Waals surface area contributed by atoms with Gasteiger partial charge in [-0.2, -0.15) is 0 Å². The molecule has 0 amide bonds. The van der Waals surface area contributed by atoms with Gasteiger partial charge in [-0.25, -0.2) is 0 Å². The van der Waals surface area contributed by atoms with Crippen molar-refractivity contribution in [2.45, 2.75) is 25.7 Å². The number of carboxylic acid groups (broad SMARTS) is 1. The van der Waals surface area contributed by atoms with Crippen LogP contribution in [0, 0.1) is 15.5 Å². The van der Waals surface area contributed by atoms with Gasteiger partial charge in [0.2, 0.25) is 0 Å². The van der Waals surface area contributed by atoms with Crippen LogP contribution in [0.5, 0.6) is 0 Å². The SMILES string of the molecule is O=C(O)C1(Cc2ccc([N+](=O)[O-])cc2)CCCC1=O. The van der Waals surface area contributed by atoms with E-state index in [0.717, 1.165) is 0 Å². The Hall–Kier alpha value is -2.24. The summed E-state index contributed by atoms with van der Waals surface area (Å²) >= 11 is 0. The highest BCUT2D eigenvalue weighted by molar-refractivity contribution is 6.04. The number of hydrogen-bond donors (Lipinski definition) is 1. The first-order chi connectivity index (χ1) is 8.95. The number of rotatable bonds is 4. The highest BCUT2D eigenvalue weighted by Crippen LogP contribution is 2.38. The molecule has 1 unspecified atom stereocenters. The molecule has 1 atom stereocenters. The summed E-state index contributed by atoms with van der Waals surface area (Å²) < 4.78 is 0. The van der Waals surface area contributed by atoms with Crippen molar-refractivity contribution in [3.63, 3.8) is 0 Å². The highest BCUT2D eigenvalue weighted by atomic mass is 16.6. The average molecular weight is 263 g/mol. The largest absolute Gasteiger partial charge is 0.480 e. The Balaban J connectivity index is 2.25. The number of carbonyl (C=O) groups excluding carboxylic acids is 1. The van der Waals surface area contributed by atoms with E-state index < -0.39 is 16.3 Å². The number of carboxylic acids is 1. The van der Waals surface area contributed by atoms with Gasteiger partial charge in [0.1, 0.15) is 5.41 Å². The minimum absolute atomic E-state index is 0.0501. The summed E-state index contributed by atoms with van der Waals surface area (Å²) in [6.45, 7) is 0. The molecule has 1 aromatic rings. The van der Waals surface area contributed by atoms with E-state index in [2.05, 4.69) is 0 Å². The number of ketones is 1. The van der Waals surface area contributed by atoms with Crippen molar-refractivity contribution in [3.05, 3.63) is 39.9 Å². The van der Waals surface area contributed by atoms with E-state index in [1.807, 2.05) is 0 Å². The molecule has 0 aliphatic heterocycles. The van der Waals surface area contributed by atoms with Gasteiger partial charge in [-0.3, -0.25) is 19.7 Å². The Morgan fingerprint density at radius 1 is 1.37 bits per heavy atom. The van der Waals surface area contributed by atoms with Crippen LogP contribution < -0.4 is 0 Å². The number of nitro benzene ring substituents is 1. The van der Waals surface area contributed by atoms with Crippen LogP contribution in [0.15, 0.2) is 24.3 Å². The van der Waals surface area contributed by atoms with Crippen molar-refractivity contribution < 1.29 is 19.6 Å². The highest BCUT2D eigenvalue weighted by Gasteiger charge is 2.48. The first-order valence-electron chi connectivity index (χ1n) is 5.96. The second-order valence-corrected chi connectivity index (χ2v) is 4.76. The maximum atomic E-state index is 11.8. The van der Waals surface area contributed by atoms with Crippen LogP contribution in [-0.4, -0.2) is 21.8 Å². The van der Waals surface area contributed by atoms with Crippen molar-refractivity contribution in [1.29, 1.82) is 0 Å². The van der Waals surface area contributed by atoms with Crippen molar-refractivity contribution in [1.82, 2.24) is 0 Å². The molecular formula is C13H13NO5. The molecule has 1 saturated carbocycles. The van der Waals surface area contributed by atoms with E-state index in [0.29, 0.717) is 24.8 Å². The molecule has 0 bridgehead atoms. The van der Waals surface area contributed by atoms with E-state index in [-0.39, 0.29) is 17.9 Å². The zero-order valence-electron chi connectivity index (χ0n) is 10.2. The molecule has 1 aliphatic rings. The lowest BCUT2D eigenvalue weighted by molar-refractivity contribution is -0.384. The lowest BCUT2D eigenvalue weighted by Gasteiger charge is -2.22. The third-order valence-electron chi connectivity index (χ3n) is 3.60. The smallest absolute Gasteiger partial charge is 0.317 e. The van der Waals surface area contributed by atoms with Crippen molar-refractivity contribution in [2.75, 3.05) is 0 Å². The zero-order valence-corrected chi connectivity index (χ0v) is 10.2. The average Bonchev–Trinajstić information content (AvgIpc) is 2.73. The third kappa shape index (κ3) is 2.33. The predicted octanol–water partition coefficient (Wildman–Crippen LogP) is 1.96. The number of Topliss-reactive ketones (excluding diaryl/α,β-unsaturated/α-hetero) is 1. The van der Waals surface area contributed by atoms with Crippen molar-refractivity contribution in [3.8, 4) is 0 Å². The number of benzene rings is 1. The zero-order chi connectivity index (χ0) is 14.0. The number of carbonyl (C=O) groups is 2. The Morgan fingerprint density at radius 2 is 2.00 bits per heavy atom. The molecule has 1 N–H and O–H groups in total. The molecule has 100 valence electrons. The van der Waals surface area contributed by atoms with Gasteiger partial charge in [0.25, 0.3) is 5.69 Å². The molecule has 6 heteroatoms. The molecule has 1 fully saturated rings. The normalized spacial score (nSPS) is 22.4. The van der Waals surface area contributed by atoms with E-state index in [9.17, 15) is 24.8 Å². The molecule has 2 rings (SSSR count). The first kappa shape index (κ1) is 13.2. The summed E-state index contributed by atoms with van der Waals surface area (Å²) in [6, 6.07) is 5.66. The Kier molecular flexibility index (Phi) is 3.33. The van der Waals surface area contributed by atoms with Crippen LogP contribution in [0.4, 0.5) is 5.69 Å². The number of non-ortho nitro benzene ring substituents is 1. The molecule has 19 heavy (non-hydrogen) atoms. The van der Waals surface area contributed by atoms with Gasteiger partial charge in [-0.1, -0.05) is 12.1 Å². The first-order valence-corrected chi connectivity index (χ1v) is 5.96. The Labute approximate surface area is 109 Å². The van der Waals surface area contributed by atoms with Crippen molar-refractivity contribution in [2.24, 2.45) is 5.41 Å². The van der Waals surface area contributed by atoms with Crippen LogP contribution in [0.2, 0.25) is 0 Å². The van der Waals surface area contributed by atoms with E-state index in [1.165, 1.54) is 24.3 Å².